The number of hydrogen-bond donors (Lipinski definition) is 1. The minimum atomic E-state index is -1.29. The summed E-state index contributed by atoms with van der Waals surface area (Å²) in [5.74, 6) is -2.58. The van der Waals surface area contributed by atoms with Crippen molar-refractivity contribution < 1.29 is 29.0 Å². The average Bonchev–Trinajstić information content (AvgIpc) is 2.82. The predicted octanol–water partition coefficient (Wildman–Crippen LogP) is 4.88. The number of carboxylic acid groups (broad SMARTS) is 1. The van der Waals surface area contributed by atoms with Crippen LogP contribution >= 0.6 is 23.2 Å². The molecule has 0 spiro atoms. The largest absolute Gasteiger partial charge is 0.479 e. The van der Waals surface area contributed by atoms with Gasteiger partial charge in [0.15, 0.2) is 6.61 Å². The Balaban J connectivity index is 2.11. The first-order valence-corrected chi connectivity index (χ1v) is 11.1. The molecule has 1 aliphatic rings. The zero-order chi connectivity index (χ0) is 24.3. The summed E-state index contributed by atoms with van der Waals surface area (Å²) in [6.45, 7) is 5.52. The van der Waals surface area contributed by atoms with Gasteiger partial charge in [-0.05, 0) is 29.7 Å². The van der Waals surface area contributed by atoms with Crippen LogP contribution in [0.5, 0.6) is 0 Å². The van der Waals surface area contributed by atoms with Gasteiger partial charge in [-0.3, -0.25) is 9.59 Å². The number of benzene rings is 2. The third-order valence-electron chi connectivity index (χ3n) is 4.93. The van der Waals surface area contributed by atoms with E-state index in [1.165, 1.54) is 0 Å². The summed E-state index contributed by atoms with van der Waals surface area (Å²) in [5, 5.41) is 9.67. The van der Waals surface area contributed by atoms with Gasteiger partial charge in [-0.15, -0.1) is 0 Å². The van der Waals surface area contributed by atoms with Gasteiger partial charge < -0.3 is 19.5 Å². The van der Waals surface area contributed by atoms with Crippen LogP contribution in [0, 0.1) is 5.41 Å². The number of esters is 1. The van der Waals surface area contributed by atoms with Gasteiger partial charge >= 0.3 is 11.9 Å². The number of halogens is 2. The van der Waals surface area contributed by atoms with Crippen LogP contribution < -0.4 is 4.90 Å². The molecule has 1 aliphatic heterocycles. The van der Waals surface area contributed by atoms with Gasteiger partial charge in [0.2, 0.25) is 0 Å². The third kappa shape index (κ3) is 6.25. The Morgan fingerprint density at radius 1 is 1.12 bits per heavy atom. The van der Waals surface area contributed by atoms with Gasteiger partial charge in [-0.2, -0.15) is 0 Å². The Morgan fingerprint density at radius 2 is 1.82 bits per heavy atom. The number of fused-ring (bicyclic) bond motifs is 1. The average molecular weight is 494 g/mol. The number of carboxylic acids is 1. The molecular weight excluding hydrogens is 469 g/mol. The Labute approximate surface area is 202 Å². The molecule has 0 unspecified atom stereocenters. The van der Waals surface area contributed by atoms with Crippen molar-refractivity contribution in [1.29, 1.82) is 0 Å². The minimum absolute atomic E-state index is 0.273. The molecule has 176 valence electrons. The van der Waals surface area contributed by atoms with Crippen molar-refractivity contribution in [1.82, 2.24) is 0 Å². The van der Waals surface area contributed by atoms with Crippen LogP contribution in [0.2, 0.25) is 10.0 Å². The van der Waals surface area contributed by atoms with E-state index in [0.717, 1.165) is 0 Å². The number of rotatable bonds is 6. The van der Waals surface area contributed by atoms with Crippen molar-refractivity contribution in [2.45, 2.75) is 39.4 Å². The fourth-order valence-corrected chi connectivity index (χ4v) is 4.04. The maximum Gasteiger partial charge on any atom is 0.341 e. The SMILES string of the molecule is CC(C)(C)CN1C(=O)[C@@H](CC(=O)OCC(=O)O)O[C@H](c2ccccc2Cl)c2cc(Cl)ccc21. The first-order valence-electron chi connectivity index (χ1n) is 10.3. The molecule has 1 heterocycles. The molecule has 1 amide bonds. The molecule has 0 radical (unpaired) electrons. The number of ether oxygens (including phenoxy) is 2. The van der Waals surface area contributed by atoms with E-state index >= 15 is 0 Å². The fourth-order valence-electron chi connectivity index (χ4n) is 3.62. The van der Waals surface area contributed by atoms with Crippen molar-refractivity contribution in [3.05, 3.63) is 63.6 Å². The van der Waals surface area contributed by atoms with E-state index in [-0.39, 0.29) is 5.41 Å². The molecule has 2 aromatic rings. The van der Waals surface area contributed by atoms with Crippen LogP contribution in [-0.4, -0.2) is 42.2 Å². The van der Waals surface area contributed by atoms with Crippen LogP contribution in [0.3, 0.4) is 0 Å². The normalized spacial score (nSPS) is 18.5. The molecule has 3 rings (SSSR count). The summed E-state index contributed by atoms with van der Waals surface area (Å²) in [6.07, 6.45) is -2.46. The standard InChI is InChI=1S/C24H25Cl2NO6/c1-24(2,3)13-27-18-9-8-14(25)10-16(18)22(15-6-4-5-7-17(15)26)33-19(23(27)31)11-21(30)32-12-20(28)29/h4-10,19,22H,11-13H2,1-3H3,(H,28,29)/t19-,22-/m1/s1. The number of carbonyl (C=O) groups excluding carboxylic acids is 2. The predicted molar refractivity (Wildman–Crippen MR) is 125 cm³/mol. The van der Waals surface area contributed by atoms with E-state index in [0.29, 0.717) is 33.4 Å². The van der Waals surface area contributed by atoms with Gasteiger partial charge in [0, 0.05) is 33.4 Å². The molecule has 2 atom stereocenters. The Hall–Kier alpha value is -2.61. The fraction of sp³-hybridized carbons (Fsp3) is 0.375. The van der Waals surface area contributed by atoms with Gasteiger partial charge in [0.1, 0.15) is 12.2 Å². The van der Waals surface area contributed by atoms with E-state index in [4.69, 9.17) is 37.8 Å². The number of amides is 1. The lowest BCUT2D eigenvalue weighted by atomic mass is 9.94. The molecule has 1 N–H and O–H groups in total. The highest BCUT2D eigenvalue weighted by atomic mass is 35.5. The van der Waals surface area contributed by atoms with Crippen molar-refractivity contribution in [3.63, 3.8) is 0 Å². The molecule has 0 aliphatic carbocycles. The lowest BCUT2D eigenvalue weighted by molar-refractivity contribution is -0.159. The maximum absolute atomic E-state index is 13.6. The van der Waals surface area contributed by atoms with E-state index in [9.17, 15) is 14.4 Å². The van der Waals surface area contributed by atoms with Crippen LogP contribution in [0.4, 0.5) is 5.69 Å². The van der Waals surface area contributed by atoms with Gasteiger partial charge in [0.05, 0.1) is 6.42 Å². The Kier molecular flexibility index (Phi) is 7.67. The lowest BCUT2D eigenvalue weighted by Crippen LogP contribution is -2.44. The number of carbonyl (C=O) groups is 3. The summed E-state index contributed by atoms with van der Waals surface area (Å²) in [7, 11) is 0. The number of nitrogens with zero attached hydrogens (tertiary/aromatic N) is 1. The highest BCUT2D eigenvalue weighted by molar-refractivity contribution is 6.31. The number of hydrogen-bond acceptors (Lipinski definition) is 5. The molecule has 2 aromatic carbocycles. The monoisotopic (exact) mass is 493 g/mol. The van der Waals surface area contributed by atoms with Crippen molar-refractivity contribution >= 4 is 46.7 Å². The van der Waals surface area contributed by atoms with E-state index in [1.807, 2.05) is 20.8 Å². The van der Waals surface area contributed by atoms with Crippen LogP contribution in [-0.2, 0) is 23.9 Å². The molecule has 33 heavy (non-hydrogen) atoms. The molecular formula is C24H25Cl2NO6. The quantitative estimate of drug-likeness (QED) is 0.576. The summed E-state index contributed by atoms with van der Waals surface area (Å²) in [6, 6.07) is 12.2. The van der Waals surface area contributed by atoms with E-state index in [1.54, 1.807) is 47.4 Å². The molecule has 0 bridgehead atoms. The zero-order valence-electron chi connectivity index (χ0n) is 18.5. The Bertz CT molecular complexity index is 1070. The highest BCUT2D eigenvalue weighted by Gasteiger charge is 2.39. The van der Waals surface area contributed by atoms with Crippen LogP contribution in [0.25, 0.3) is 0 Å². The maximum atomic E-state index is 13.6. The molecule has 9 heteroatoms. The summed E-state index contributed by atoms with van der Waals surface area (Å²) in [4.78, 5) is 38.3. The molecule has 0 saturated heterocycles. The van der Waals surface area contributed by atoms with E-state index in [2.05, 4.69) is 0 Å². The highest BCUT2D eigenvalue weighted by Crippen LogP contribution is 2.42. The van der Waals surface area contributed by atoms with Crippen molar-refractivity contribution in [2.75, 3.05) is 18.1 Å². The molecule has 0 fully saturated rings. The minimum Gasteiger partial charge on any atom is -0.479 e. The van der Waals surface area contributed by atoms with Crippen molar-refractivity contribution in [2.24, 2.45) is 5.41 Å². The van der Waals surface area contributed by atoms with Gasteiger partial charge in [0.25, 0.3) is 5.91 Å². The topological polar surface area (TPSA) is 93.1 Å². The van der Waals surface area contributed by atoms with Crippen LogP contribution in [0.15, 0.2) is 42.5 Å². The second kappa shape index (κ2) is 10.1. The second-order valence-electron chi connectivity index (χ2n) is 8.97. The summed E-state index contributed by atoms with van der Waals surface area (Å²) < 4.78 is 11.0. The summed E-state index contributed by atoms with van der Waals surface area (Å²) in [5.41, 5.74) is 1.57. The first-order chi connectivity index (χ1) is 15.5. The number of aliphatic carboxylic acids is 1. The van der Waals surface area contributed by atoms with Crippen LogP contribution in [0.1, 0.15) is 44.4 Å². The summed E-state index contributed by atoms with van der Waals surface area (Å²) >= 11 is 12.8. The third-order valence-corrected chi connectivity index (χ3v) is 5.51. The zero-order valence-corrected chi connectivity index (χ0v) is 20.0. The first kappa shape index (κ1) is 25.0. The lowest BCUT2D eigenvalue weighted by Gasteiger charge is -2.31. The van der Waals surface area contributed by atoms with Crippen molar-refractivity contribution in [3.8, 4) is 0 Å². The smallest absolute Gasteiger partial charge is 0.341 e. The number of anilines is 1. The molecule has 0 aromatic heterocycles. The van der Waals surface area contributed by atoms with E-state index < -0.39 is 43.1 Å². The molecule has 0 saturated carbocycles. The van der Waals surface area contributed by atoms with Gasteiger partial charge in [-0.1, -0.05) is 62.2 Å². The van der Waals surface area contributed by atoms with Gasteiger partial charge in [-0.25, -0.2) is 4.79 Å². The Morgan fingerprint density at radius 3 is 2.45 bits per heavy atom. The second-order valence-corrected chi connectivity index (χ2v) is 9.82. The molecule has 7 nitrogen and oxygen atoms in total.